The van der Waals surface area contributed by atoms with Gasteiger partial charge in [-0.2, -0.15) is 0 Å². The minimum Gasteiger partial charge on any atom is -0.508 e. The Morgan fingerprint density at radius 3 is 2.26 bits per heavy atom. The second kappa shape index (κ2) is 9.28. The van der Waals surface area contributed by atoms with Crippen molar-refractivity contribution in [3.8, 4) is 11.5 Å². The minimum atomic E-state index is -2.09. The largest absolute Gasteiger partial charge is 0.508 e. The molecule has 2 aliphatic heterocycles. The zero-order valence-corrected chi connectivity index (χ0v) is 24.9. The molecule has 42 heavy (non-hydrogen) atoms. The van der Waals surface area contributed by atoms with Crippen LogP contribution < -0.4 is 9.64 Å². The maximum Gasteiger partial charge on any atom is 0.258 e. The number of hydrogen-bond acceptors (Lipinski definition) is 6. The van der Waals surface area contributed by atoms with Crippen LogP contribution in [-0.2, 0) is 19.2 Å². The molecular formula is C31H29Cl2FN2O6. The molecule has 11 heteroatoms. The molecule has 2 saturated heterocycles. The van der Waals surface area contributed by atoms with Crippen molar-refractivity contribution in [2.75, 3.05) is 12.0 Å². The fraction of sp³-hybridized carbons (Fsp3) is 0.419. The van der Waals surface area contributed by atoms with E-state index in [1.165, 1.54) is 36.3 Å². The van der Waals surface area contributed by atoms with Gasteiger partial charge in [-0.25, -0.2) is 9.29 Å². The van der Waals surface area contributed by atoms with E-state index in [0.717, 1.165) is 17.0 Å². The molecule has 0 aromatic heterocycles. The number of fused-ring (bicyclic) bond motifs is 4. The maximum absolute atomic E-state index is 14.4. The molecule has 0 bridgehead atoms. The van der Waals surface area contributed by atoms with Crippen LogP contribution in [0, 0.1) is 23.6 Å². The number of hydrogen-bond donors (Lipinski definition) is 1. The van der Waals surface area contributed by atoms with Crippen molar-refractivity contribution in [1.82, 2.24) is 4.90 Å². The van der Waals surface area contributed by atoms with Gasteiger partial charge in [0.25, 0.3) is 11.8 Å². The van der Waals surface area contributed by atoms with Crippen molar-refractivity contribution >= 4 is 52.5 Å². The number of rotatable bonds is 3. The van der Waals surface area contributed by atoms with Gasteiger partial charge in [-0.3, -0.25) is 24.1 Å². The standard InChI is InChI=1S/C31H29Cl2FN2O6/c1-29(2,3)36-25(38)20-12-11-18-21(23(20)26(36)39)14-30(32)27(40)35(16-7-5-15(34)6-8-16)28(41)31(30,33)24(18)19-10-9-17(37)13-22(19)42-4/h5-11,13,20-21,23-24,37H,12,14H2,1-4H3. The monoisotopic (exact) mass is 614 g/mol. The molecule has 8 nitrogen and oxygen atoms in total. The molecular weight excluding hydrogens is 586 g/mol. The van der Waals surface area contributed by atoms with E-state index >= 15 is 0 Å². The Kier molecular flexibility index (Phi) is 6.34. The van der Waals surface area contributed by atoms with Crippen molar-refractivity contribution < 1.29 is 33.4 Å². The molecule has 4 amide bonds. The number of methoxy groups -OCH3 is 1. The number of allylic oxidation sites excluding steroid dienone is 2. The lowest BCUT2D eigenvalue weighted by Gasteiger charge is -2.51. The lowest BCUT2D eigenvalue weighted by Crippen LogP contribution is -2.60. The van der Waals surface area contributed by atoms with Crippen LogP contribution in [0.3, 0.4) is 0 Å². The Labute approximate surface area is 252 Å². The minimum absolute atomic E-state index is 0.0955. The van der Waals surface area contributed by atoms with Gasteiger partial charge < -0.3 is 9.84 Å². The Balaban J connectivity index is 1.58. The van der Waals surface area contributed by atoms with Crippen molar-refractivity contribution in [2.45, 2.75) is 54.8 Å². The number of amides is 4. The summed E-state index contributed by atoms with van der Waals surface area (Å²) in [4.78, 5) is 54.1. The molecule has 0 radical (unpaired) electrons. The molecule has 2 aromatic rings. The summed E-state index contributed by atoms with van der Waals surface area (Å²) in [5, 5.41) is 10.2. The van der Waals surface area contributed by atoms with E-state index in [1.54, 1.807) is 26.8 Å². The Morgan fingerprint density at radius 2 is 1.64 bits per heavy atom. The number of phenolic OH excluding ortho intramolecular Hbond substituents is 1. The summed E-state index contributed by atoms with van der Waals surface area (Å²) in [7, 11) is 1.39. The zero-order chi connectivity index (χ0) is 30.5. The smallest absolute Gasteiger partial charge is 0.258 e. The third-order valence-corrected chi connectivity index (χ3v) is 10.5. The van der Waals surface area contributed by atoms with Gasteiger partial charge >= 0.3 is 0 Å². The lowest BCUT2D eigenvalue weighted by molar-refractivity contribution is -0.145. The van der Waals surface area contributed by atoms with E-state index < -0.39 is 56.6 Å². The second-order valence-electron chi connectivity index (χ2n) is 12.4. The van der Waals surface area contributed by atoms with E-state index in [4.69, 9.17) is 27.9 Å². The Bertz CT molecular complexity index is 1590. The molecule has 6 rings (SSSR count). The van der Waals surface area contributed by atoms with E-state index in [0.29, 0.717) is 11.1 Å². The first-order chi connectivity index (χ1) is 19.7. The topological polar surface area (TPSA) is 104 Å². The number of alkyl halides is 2. The summed E-state index contributed by atoms with van der Waals surface area (Å²) in [6.07, 6.45) is 1.89. The first kappa shape index (κ1) is 28.7. The highest BCUT2D eigenvalue weighted by molar-refractivity contribution is 6.58. The molecule has 2 heterocycles. The molecule has 4 aliphatic rings. The van der Waals surface area contributed by atoms with E-state index in [9.17, 15) is 28.7 Å². The molecule has 1 N–H and O–H groups in total. The van der Waals surface area contributed by atoms with Crippen LogP contribution in [0.4, 0.5) is 10.1 Å². The normalized spacial score (nSPS) is 32.5. The molecule has 2 aliphatic carbocycles. The second-order valence-corrected chi connectivity index (χ2v) is 13.6. The molecule has 220 valence electrons. The quantitative estimate of drug-likeness (QED) is 0.299. The van der Waals surface area contributed by atoms with Crippen LogP contribution in [0.15, 0.2) is 54.1 Å². The van der Waals surface area contributed by atoms with Crippen LogP contribution in [-0.4, -0.2) is 56.0 Å². The van der Waals surface area contributed by atoms with Crippen molar-refractivity contribution in [3.05, 3.63) is 65.5 Å². The number of imide groups is 2. The number of aromatic hydroxyl groups is 1. The van der Waals surface area contributed by atoms with Crippen LogP contribution in [0.5, 0.6) is 11.5 Å². The summed E-state index contributed by atoms with van der Waals surface area (Å²) < 4.78 is 19.4. The fourth-order valence-corrected chi connectivity index (χ4v) is 8.27. The van der Waals surface area contributed by atoms with Gasteiger partial charge in [0.05, 0.1) is 24.6 Å². The van der Waals surface area contributed by atoms with Gasteiger partial charge in [0.1, 0.15) is 17.3 Å². The van der Waals surface area contributed by atoms with Crippen LogP contribution in [0.2, 0.25) is 0 Å². The first-order valence-corrected chi connectivity index (χ1v) is 14.4. The van der Waals surface area contributed by atoms with E-state index in [2.05, 4.69) is 0 Å². The summed E-state index contributed by atoms with van der Waals surface area (Å²) in [5.74, 6) is -5.96. The number of anilines is 1. The van der Waals surface area contributed by atoms with Gasteiger partial charge in [0.2, 0.25) is 11.8 Å². The molecule has 6 atom stereocenters. The number of phenols is 1. The van der Waals surface area contributed by atoms with Crippen molar-refractivity contribution in [1.29, 1.82) is 0 Å². The number of likely N-dealkylation sites (tertiary alicyclic amines) is 1. The van der Waals surface area contributed by atoms with Gasteiger partial charge in [0.15, 0.2) is 9.75 Å². The van der Waals surface area contributed by atoms with Crippen LogP contribution in [0.25, 0.3) is 0 Å². The predicted molar refractivity (Wildman–Crippen MR) is 153 cm³/mol. The Hall–Kier alpha value is -3.43. The maximum atomic E-state index is 14.4. The number of carbonyl (C=O) groups excluding carboxylic acids is 4. The highest BCUT2D eigenvalue weighted by Gasteiger charge is 2.77. The van der Waals surface area contributed by atoms with E-state index in [1.807, 2.05) is 6.08 Å². The lowest BCUT2D eigenvalue weighted by atomic mass is 9.56. The molecule has 0 spiro atoms. The van der Waals surface area contributed by atoms with Gasteiger partial charge in [-0.05, 0) is 69.9 Å². The van der Waals surface area contributed by atoms with Crippen molar-refractivity contribution in [3.63, 3.8) is 0 Å². The third-order valence-electron chi connectivity index (χ3n) is 9.09. The zero-order valence-electron chi connectivity index (χ0n) is 23.4. The van der Waals surface area contributed by atoms with Gasteiger partial charge in [-0.1, -0.05) is 17.7 Å². The summed E-state index contributed by atoms with van der Waals surface area (Å²) in [6.45, 7) is 5.35. The number of nitrogens with zero attached hydrogens (tertiary/aromatic N) is 2. The summed E-state index contributed by atoms with van der Waals surface area (Å²) in [5.41, 5.74) is 0.313. The molecule has 1 saturated carbocycles. The number of carbonyl (C=O) groups is 4. The highest BCUT2D eigenvalue weighted by Crippen LogP contribution is 2.66. The SMILES string of the molecule is COc1cc(O)ccc1C1C2=CCC3C(=O)N(C(C)(C)C)C(=O)C3C2CC2(Cl)C(=O)N(c3ccc(F)cc3)C(=O)C12Cl. The van der Waals surface area contributed by atoms with Gasteiger partial charge in [0, 0.05) is 23.1 Å². The average molecular weight is 615 g/mol. The molecule has 6 unspecified atom stereocenters. The molecule has 2 aromatic carbocycles. The molecule has 3 fully saturated rings. The van der Waals surface area contributed by atoms with Crippen LogP contribution >= 0.6 is 23.2 Å². The summed E-state index contributed by atoms with van der Waals surface area (Å²) in [6, 6.07) is 9.16. The van der Waals surface area contributed by atoms with Crippen LogP contribution in [0.1, 0.15) is 45.1 Å². The number of ether oxygens (including phenoxy) is 1. The number of halogens is 3. The number of benzene rings is 2. The predicted octanol–water partition coefficient (Wildman–Crippen LogP) is 4.90. The van der Waals surface area contributed by atoms with Gasteiger partial charge in [-0.15, -0.1) is 23.2 Å². The summed E-state index contributed by atoms with van der Waals surface area (Å²) >= 11 is 14.7. The third kappa shape index (κ3) is 3.65. The van der Waals surface area contributed by atoms with Crippen molar-refractivity contribution in [2.24, 2.45) is 17.8 Å². The Morgan fingerprint density at radius 1 is 0.976 bits per heavy atom. The average Bonchev–Trinajstić information content (AvgIpc) is 3.28. The first-order valence-electron chi connectivity index (χ1n) is 13.6. The fourth-order valence-electron chi connectivity index (χ4n) is 7.34. The van der Waals surface area contributed by atoms with E-state index in [-0.39, 0.29) is 41.8 Å². The highest BCUT2D eigenvalue weighted by atomic mass is 35.5.